The number of rotatable bonds is 7. The molecule has 9 heteroatoms. The summed E-state index contributed by atoms with van der Waals surface area (Å²) >= 11 is 6.08. The van der Waals surface area contributed by atoms with Crippen LogP contribution in [0.15, 0.2) is 47.1 Å². The fourth-order valence-electron chi connectivity index (χ4n) is 2.58. The number of methoxy groups -OCH3 is 1. The number of hydrogen-bond acceptors (Lipinski definition) is 7. The Labute approximate surface area is 171 Å². The molecule has 0 atom stereocenters. The van der Waals surface area contributed by atoms with Gasteiger partial charge in [0.2, 0.25) is 5.90 Å². The predicted molar refractivity (Wildman–Crippen MR) is 107 cm³/mol. The van der Waals surface area contributed by atoms with Gasteiger partial charge in [-0.1, -0.05) is 24.6 Å². The first-order valence-corrected chi connectivity index (χ1v) is 9.08. The summed E-state index contributed by atoms with van der Waals surface area (Å²) in [5, 5.41) is 10.9. The lowest BCUT2D eigenvalue weighted by Gasteiger charge is -2.10. The van der Waals surface area contributed by atoms with Crippen LogP contribution >= 0.6 is 11.6 Å². The van der Waals surface area contributed by atoms with E-state index in [1.165, 1.54) is 25.3 Å². The van der Waals surface area contributed by atoms with Crippen molar-refractivity contribution in [3.8, 4) is 11.5 Å². The Morgan fingerprint density at radius 1 is 1.24 bits per heavy atom. The van der Waals surface area contributed by atoms with Crippen LogP contribution < -0.4 is 9.47 Å². The molecule has 3 rings (SSSR count). The summed E-state index contributed by atoms with van der Waals surface area (Å²) in [6.45, 7) is 2.57. The first-order chi connectivity index (χ1) is 13.9. The van der Waals surface area contributed by atoms with Gasteiger partial charge in [0.05, 0.1) is 29.2 Å². The predicted octanol–water partition coefficient (Wildman–Crippen LogP) is 4.39. The molecule has 0 unspecified atom stereocenters. The third-order valence-electron chi connectivity index (χ3n) is 3.97. The number of nitrogens with zero attached hydrogens (tertiary/aromatic N) is 2. The van der Waals surface area contributed by atoms with E-state index in [1.54, 1.807) is 24.3 Å². The van der Waals surface area contributed by atoms with Gasteiger partial charge in [-0.05, 0) is 36.3 Å². The average Bonchev–Trinajstić information content (AvgIpc) is 3.06. The summed E-state index contributed by atoms with van der Waals surface area (Å²) in [7, 11) is 1.53. The van der Waals surface area contributed by atoms with Gasteiger partial charge in [0.1, 0.15) is 0 Å². The Balaban J connectivity index is 1.90. The van der Waals surface area contributed by atoms with Crippen LogP contribution in [0.1, 0.15) is 24.5 Å². The lowest BCUT2D eigenvalue weighted by atomic mass is 10.1. The summed E-state index contributed by atoms with van der Waals surface area (Å²) < 4.78 is 16.1. The van der Waals surface area contributed by atoms with Gasteiger partial charge < -0.3 is 14.2 Å². The number of carbonyl (C=O) groups excluding carboxylic acids is 1. The van der Waals surface area contributed by atoms with Crippen molar-refractivity contribution < 1.29 is 23.9 Å². The molecule has 0 fully saturated rings. The molecule has 29 heavy (non-hydrogen) atoms. The van der Waals surface area contributed by atoms with Crippen LogP contribution in [0.2, 0.25) is 5.02 Å². The van der Waals surface area contributed by atoms with Crippen LogP contribution in [0.4, 0.5) is 5.69 Å². The molecule has 0 aromatic heterocycles. The average molecular weight is 417 g/mol. The lowest BCUT2D eigenvalue weighted by Crippen LogP contribution is -2.06. The maximum absolute atomic E-state index is 12.2. The lowest BCUT2D eigenvalue weighted by molar-refractivity contribution is -0.384. The second-order valence-electron chi connectivity index (χ2n) is 6.02. The molecule has 1 aliphatic heterocycles. The van der Waals surface area contributed by atoms with Crippen LogP contribution in [-0.4, -0.2) is 30.5 Å². The maximum Gasteiger partial charge on any atom is 0.363 e. The third kappa shape index (κ3) is 4.55. The minimum Gasteiger partial charge on any atom is -0.493 e. The topological polar surface area (TPSA) is 100 Å². The largest absolute Gasteiger partial charge is 0.493 e. The number of benzene rings is 2. The first kappa shape index (κ1) is 20.3. The molecule has 2 aromatic rings. The zero-order chi connectivity index (χ0) is 21.0. The highest BCUT2D eigenvalue weighted by atomic mass is 35.5. The maximum atomic E-state index is 12.2. The van der Waals surface area contributed by atoms with Crippen molar-refractivity contribution in [3.05, 3.63) is 68.4 Å². The van der Waals surface area contributed by atoms with Crippen LogP contribution in [0.25, 0.3) is 6.08 Å². The summed E-state index contributed by atoms with van der Waals surface area (Å²) in [5.41, 5.74) is 0.850. The van der Waals surface area contributed by atoms with E-state index < -0.39 is 10.9 Å². The van der Waals surface area contributed by atoms with E-state index in [0.717, 1.165) is 6.42 Å². The molecular weight excluding hydrogens is 400 g/mol. The number of cyclic esters (lactones) is 1. The Kier molecular flexibility index (Phi) is 6.13. The number of ether oxygens (including phenoxy) is 3. The zero-order valence-corrected chi connectivity index (χ0v) is 16.4. The second-order valence-corrected chi connectivity index (χ2v) is 6.42. The quantitative estimate of drug-likeness (QED) is 0.287. The summed E-state index contributed by atoms with van der Waals surface area (Å²) in [6, 6.07) is 9.06. The van der Waals surface area contributed by atoms with Gasteiger partial charge in [-0.15, -0.1) is 0 Å². The van der Waals surface area contributed by atoms with Crippen molar-refractivity contribution in [1.29, 1.82) is 0 Å². The standard InChI is InChI=1S/C20H17ClN2O6/c1-3-8-28-17-7-4-12(10-18(17)27-2)9-16-20(24)29-19(22-16)14-6-5-13(23(25)26)11-15(14)21/h4-7,9-11H,3,8H2,1-2H3. The normalized spacial score (nSPS) is 14.5. The third-order valence-corrected chi connectivity index (χ3v) is 4.28. The summed E-state index contributed by atoms with van der Waals surface area (Å²) in [5.74, 6) is 0.463. The molecule has 0 aliphatic carbocycles. The first-order valence-electron chi connectivity index (χ1n) is 8.70. The van der Waals surface area contributed by atoms with E-state index in [4.69, 9.17) is 25.8 Å². The molecule has 2 aromatic carbocycles. The molecule has 1 heterocycles. The van der Waals surface area contributed by atoms with Crippen LogP contribution in [-0.2, 0) is 9.53 Å². The molecule has 8 nitrogen and oxygen atoms in total. The van der Waals surface area contributed by atoms with Crippen molar-refractivity contribution in [3.63, 3.8) is 0 Å². The highest BCUT2D eigenvalue weighted by Gasteiger charge is 2.26. The zero-order valence-electron chi connectivity index (χ0n) is 15.7. The summed E-state index contributed by atoms with van der Waals surface area (Å²) in [6.07, 6.45) is 2.41. The van der Waals surface area contributed by atoms with E-state index in [1.807, 2.05) is 6.92 Å². The van der Waals surface area contributed by atoms with Crippen LogP contribution in [0, 0.1) is 10.1 Å². The number of esters is 1. The number of aliphatic imine (C=N–C) groups is 1. The number of hydrogen-bond donors (Lipinski definition) is 0. The Morgan fingerprint density at radius 2 is 2.03 bits per heavy atom. The van der Waals surface area contributed by atoms with E-state index in [9.17, 15) is 14.9 Å². The van der Waals surface area contributed by atoms with Crippen molar-refractivity contribution in [2.45, 2.75) is 13.3 Å². The number of nitro benzene ring substituents is 1. The van der Waals surface area contributed by atoms with Crippen LogP contribution in [0.5, 0.6) is 11.5 Å². The van der Waals surface area contributed by atoms with E-state index in [0.29, 0.717) is 23.7 Å². The second kappa shape index (κ2) is 8.74. The minimum absolute atomic E-state index is 0.0176. The van der Waals surface area contributed by atoms with Gasteiger partial charge in [-0.2, -0.15) is 0 Å². The van der Waals surface area contributed by atoms with Crippen molar-refractivity contribution in [2.24, 2.45) is 4.99 Å². The van der Waals surface area contributed by atoms with Crippen LogP contribution in [0.3, 0.4) is 0 Å². The molecule has 1 aliphatic rings. The molecule has 0 saturated heterocycles. The van der Waals surface area contributed by atoms with Crippen molar-refractivity contribution in [1.82, 2.24) is 0 Å². The molecule has 0 N–H and O–H groups in total. The van der Waals surface area contributed by atoms with E-state index in [-0.39, 0.29) is 27.9 Å². The monoisotopic (exact) mass is 416 g/mol. The molecule has 0 radical (unpaired) electrons. The van der Waals surface area contributed by atoms with Crippen molar-refractivity contribution in [2.75, 3.05) is 13.7 Å². The van der Waals surface area contributed by atoms with E-state index >= 15 is 0 Å². The molecule has 0 amide bonds. The number of carbonyl (C=O) groups is 1. The van der Waals surface area contributed by atoms with Gasteiger partial charge in [-0.3, -0.25) is 10.1 Å². The minimum atomic E-state index is -0.653. The molecule has 0 saturated carbocycles. The Morgan fingerprint density at radius 3 is 2.69 bits per heavy atom. The molecule has 0 spiro atoms. The summed E-state index contributed by atoms with van der Waals surface area (Å²) in [4.78, 5) is 26.6. The smallest absolute Gasteiger partial charge is 0.363 e. The van der Waals surface area contributed by atoms with Gasteiger partial charge in [0, 0.05) is 12.1 Å². The van der Waals surface area contributed by atoms with Gasteiger partial charge in [-0.25, -0.2) is 9.79 Å². The number of halogens is 1. The van der Waals surface area contributed by atoms with E-state index in [2.05, 4.69) is 4.99 Å². The number of nitro groups is 1. The highest BCUT2D eigenvalue weighted by molar-refractivity contribution is 6.34. The molecule has 150 valence electrons. The van der Waals surface area contributed by atoms with Crippen molar-refractivity contribution >= 4 is 35.2 Å². The van der Waals surface area contributed by atoms with Gasteiger partial charge >= 0.3 is 5.97 Å². The molecular formula is C20H17ClN2O6. The highest BCUT2D eigenvalue weighted by Crippen LogP contribution is 2.31. The number of non-ortho nitro benzene ring substituents is 1. The fraction of sp³-hybridized carbons (Fsp3) is 0.200. The fourth-order valence-corrected chi connectivity index (χ4v) is 2.83. The molecule has 0 bridgehead atoms. The van der Waals surface area contributed by atoms with Gasteiger partial charge in [0.15, 0.2) is 17.2 Å². The SMILES string of the molecule is CCCOc1ccc(C=C2N=C(c3ccc([N+](=O)[O-])cc3Cl)OC2=O)cc1OC. The Hall–Kier alpha value is -3.39. The van der Waals surface area contributed by atoms with Gasteiger partial charge in [0.25, 0.3) is 5.69 Å². The Bertz CT molecular complexity index is 1030.